The van der Waals surface area contributed by atoms with Crippen LogP contribution in [0.5, 0.6) is 5.75 Å². The summed E-state index contributed by atoms with van der Waals surface area (Å²) in [6, 6.07) is 7.59. The lowest BCUT2D eigenvalue weighted by Gasteiger charge is -2.00. The highest BCUT2D eigenvalue weighted by atomic mass is 32.2. The van der Waals surface area contributed by atoms with E-state index in [0.717, 1.165) is 10.6 Å². The van der Waals surface area contributed by atoms with Crippen molar-refractivity contribution in [3.05, 3.63) is 29.3 Å². The first kappa shape index (κ1) is 13.8. The second-order valence-electron chi connectivity index (χ2n) is 3.37. The Morgan fingerprint density at radius 1 is 1.32 bits per heavy atom. The molecule has 2 rings (SSSR count). The first-order chi connectivity index (χ1) is 9.22. The summed E-state index contributed by atoms with van der Waals surface area (Å²) in [7, 11) is 1.62. The predicted molar refractivity (Wildman–Crippen MR) is 73.0 cm³/mol. The van der Waals surface area contributed by atoms with Crippen LogP contribution in [0.3, 0.4) is 0 Å². The molecule has 0 saturated carbocycles. The molecular weight excluding hydrogens is 284 g/mol. The summed E-state index contributed by atoms with van der Waals surface area (Å²) in [5, 5.41) is 8.05. The molecule has 0 N–H and O–H groups in total. The second kappa shape index (κ2) is 6.53. The summed E-state index contributed by atoms with van der Waals surface area (Å²) in [6.07, 6.45) is 0. The quantitative estimate of drug-likeness (QED) is 0.791. The van der Waals surface area contributed by atoms with E-state index in [4.69, 9.17) is 9.47 Å². The Morgan fingerprint density at radius 3 is 2.68 bits per heavy atom. The lowest BCUT2D eigenvalue weighted by Crippen LogP contribution is -2.03. The third-order valence-electron chi connectivity index (χ3n) is 2.12. The molecule has 5 nitrogen and oxygen atoms in total. The van der Waals surface area contributed by atoms with Crippen LogP contribution in [0.25, 0.3) is 0 Å². The van der Waals surface area contributed by atoms with Gasteiger partial charge in [-0.25, -0.2) is 4.79 Å². The van der Waals surface area contributed by atoms with Crippen molar-refractivity contribution in [2.45, 2.75) is 16.2 Å². The van der Waals surface area contributed by atoms with Crippen molar-refractivity contribution in [3.8, 4) is 5.75 Å². The molecule has 0 fully saturated rings. The molecule has 0 radical (unpaired) electrons. The Kier molecular flexibility index (Phi) is 4.75. The number of benzene rings is 1. The molecule has 0 bridgehead atoms. The average molecular weight is 296 g/mol. The minimum absolute atomic E-state index is 0.276. The summed E-state index contributed by atoms with van der Waals surface area (Å²) in [5.41, 5.74) is 0. The number of hydrogen-bond donors (Lipinski definition) is 0. The molecule has 0 spiro atoms. The topological polar surface area (TPSA) is 61.3 Å². The van der Waals surface area contributed by atoms with Crippen LogP contribution in [-0.4, -0.2) is 29.9 Å². The molecule has 0 amide bonds. The zero-order valence-electron chi connectivity index (χ0n) is 10.5. The number of esters is 1. The number of rotatable bonds is 5. The van der Waals surface area contributed by atoms with Gasteiger partial charge in [-0.15, -0.1) is 10.2 Å². The van der Waals surface area contributed by atoms with Crippen LogP contribution in [0.1, 0.15) is 16.7 Å². The van der Waals surface area contributed by atoms with Gasteiger partial charge < -0.3 is 9.47 Å². The van der Waals surface area contributed by atoms with Crippen LogP contribution in [0, 0.1) is 0 Å². The van der Waals surface area contributed by atoms with Gasteiger partial charge in [-0.3, -0.25) is 0 Å². The van der Waals surface area contributed by atoms with E-state index in [1.807, 2.05) is 24.3 Å². The van der Waals surface area contributed by atoms with Gasteiger partial charge in [0.1, 0.15) is 5.75 Å². The van der Waals surface area contributed by atoms with Gasteiger partial charge in [-0.2, -0.15) is 0 Å². The molecule has 0 aliphatic carbocycles. The molecule has 0 aliphatic heterocycles. The first-order valence-corrected chi connectivity index (χ1v) is 7.18. The Labute approximate surface area is 119 Å². The molecule has 1 aromatic carbocycles. The van der Waals surface area contributed by atoms with Crippen molar-refractivity contribution in [1.29, 1.82) is 0 Å². The zero-order valence-corrected chi connectivity index (χ0v) is 12.1. The van der Waals surface area contributed by atoms with Gasteiger partial charge in [0, 0.05) is 4.90 Å². The van der Waals surface area contributed by atoms with Crippen molar-refractivity contribution in [2.24, 2.45) is 0 Å². The van der Waals surface area contributed by atoms with Gasteiger partial charge in [0.25, 0.3) is 0 Å². The number of ether oxygens (including phenoxy) is 2. The molecule has 2 aromatic rings. The van der Waals surface area contributed by atoms with E-state index < -0.39 is 5.97 Å². The number of carbonyl (C=O) groups is 1. The maximum Gasteiger partial charge on any atom is 0.369 e. The fourth-order valence-electron chi connectivity index (χ4n) is 1.27. The minimum Gasteiger partial charge on any atom is -0.497 e. The van der Waals surface area contributed by atoms with E-state index in [2.05, 4.69) is 10.2 Å². The fourth-order valence-corrected chi connectivity index (χ4v) is 2.99. The van der Waals surface area contributed by atoms with Crippen molar-refractivity contribution in [1.82, 2.24) is 10.2 Å². The van der Waals surface area contributed by atoms with E-state index in [0.29, 0.717) is 10.9 Å². The Bertz CT molecular complexity index is 554. The average Bonchev–Trinajstić information content (AvgIpc) is 2.88. The molecule has 7 heteroatoms. The van der Waals surface area contributed by atoms with Gasteiger partial charge in [0.15, 0.2) is 4.34 Å². The SMILES string of the molecule is CCOC(=O)c1nnc(Sc2ccc(OC)cc2)s1. The van der Waals surface area contributed by atoms with E-state index >= 15 is 0 Å². The largest absolute Gasteiger partial charge is 0.497 e. The molecule has 0 saturated heterocycles. The third-order valence-corrected chi connectivity index (χ3v) is 4.08. The van der Waals surface area contributed by atoms with E-state index in [-0.39, 0.29) is 5.01 Å². The van der Waals surface area contributed by atoms with Gasteiger partial charge in [-0.1, -0.05) is 23.1 Å². The maximum atomic E-state index is 11.5. The highest BCUT2D eigenvalue weighted by Gasteiger charge is 2.14. The van der Waals surface area contributed by atoms with Crippen LogP contribution >= 0.6 is 23.1 Å². The van der Waals surface area contributed by atoms with Crippen molar-refractivity contribution < 1.29 is 14.3 Å². The van der Waals surface area contributed by atoms with E-state index in [1.54, 1.807) is 14.0 Å². The van der Waals surface area contributed by atoms with E-state index in [1.165, 1.54) is 23.1 Å². The third kappa shape index (κ3) is 3.68. The number of methoxy groups -OCH3 is 1. The molecular formula is C12H12N2O3S2. The van der Waals surface area contributed by atoms with Crippen molar-refractivity contribution >= 4 is 29.1 Å². The highest BCUT2D eigenvalue weighted by Crippen LogP contribution is 2.31. The fraction of sp³-hybridized carbons (Fsp3) is 0.250. The molecule has 0 atom stereocenters. The highest BCUT2D eigenvalue weighted by molar-refractivity contribution is 8.01. The summed E-state index contributed by atoms with van der Waals surface area (Å²) in [4.78, 5) is 12.5. The standard InChI is InChI=1S/C12H12N2O3S2/c1-3-17-11(15)10-13-14-12(19-10)18-9-6-4-8(16-2)5-7-9/h4-7H,3H2,1-2H3. The summed E-state index contributed by atoms with van der Waals surface area (Å²) < 4.78 is 10.7. The Hall–Kier alpha value is -1.60. The summed E-state index contributed by atoms with van der Waals surface area (Å²) in [5.74, 6) is 0.371. The van der Waals surface area contributed by atoms with Crippen LogP contribution in [0.15, 0.2) is 33.5 Å². The monoisotopic (exact) mass is 296 g/mol. The summed E-state index contributed by atoms with van der Waals surface area (Å²) in [6.45, 7) is 2.09. The minimum atomic E-state index is -0.429. The Balaban J connectivity index is 2.04. The number of nitrogens with zero attached hydrogens (tertiary/aromatic N) is 2. The van der Waals surface area contributed by atoms with Gasteiger partial charge in [0.2, 0.25) is 5.01 Å². The smallest absolute Gasteiger partial charge is 0.369 e. The number of hydrogen-bond acceptors (Lipinski definition) is 7. The van der Waals surface area contributed by atoms with Crippen LogP contribution in [0.2, 0.25) is 0 Å². The van der Waals surface area contributed by atoms with Gasteiger partial charge >= 0.3 is 5.97 Å². The van der Waals surface area contributed by atoms with Gasteiger partial charge in [-0.05, 0) is 31.2 Å². The molecule has 1 heterocycles. The molecule has 100 valence electrons. The maximum absolute atomic E-state index is 11.5. The second-order valence-corrected chi connectivity index (χ2v) is 5.67. The number of carbonyl (C=O) groups excluding carboxylic acids is 1. The van der Waals surface area contributed by atoms with Crippen molar-refractivity contribution in [2.75, 3.05) is 13.7 Å². The first-order valence-electron chi connectivity index (χ1n) is 5.55. The van der Waals surface area contributed by atoms with Gasteiger partial charge in [0.05, 0.1) is 13.7 Å². The number of aromatic nitrogens is 2. The Morgan fingerprint density at radius 2 is 2.05 bits per heavy atom. The van der Waals surface area contributed by atoms with Crippen LogP contribution < -0.4 is 4.74 Å². The molecule has 19 heavy (non-hydrogen) atoms. The molecule has 1 aromatic heterocycles. The van der Waals surface area contributed by atoms with E-state index in [9.17, 15) is 4.79 Å². The van der Waals surface area contributed by atoms with Crippen LogP contribution in [-0.2, 0) is 4.74 Å². The molecule has 0 aliphatic rings. The lowest BCUT2D eigenvalue weighted by atomic mass is 10.3. The summed E-state index contributed by atoms with van der Waals surface area (Å²) >= 11 is 2.67. The van der Waals surface area contributed by atoms with Crippen LogP contribution in [0.4, 0.5) is 0 Å². The van der Waals surface area contributed by atoms with Crippen molar-refractivity contribution in [3.63, 3.8) is 0 Å². The normalized spacial score (nSPS) is 10.2. The zero-order chi connectivity index (χ0) is 13.7. The molecule has 0 unspecified atom stereocenters. The lowest BCUT2D eigenvalue weighted by molar-refractivity contribution is 0.0525. The predicted octanol–water partition coefficient (Wildman–Crippen LogP) is 2.87.